The van der Waals surface area contributed by atoms with E-state index in [4.69, 9.17) is 0 Å². The summed E-state index contributed by atoms with van der Waals surface area (Å²) >= 11 is 0. The molecular formula is C28H49N. The molecule has 0 amide bonds. The molecule has 0 bridgehead atoms. The van der Waals surface area contributed by atoms with Crippen LogP contribution in [0.5, 0.6) is 0 Å². The van der Waals surface area contributed by atoms with Crippen molar-refractivity contribution in [3.63, 3.8) is 0 Å². The van der Waals surface area contributed by atoms with Crippen molar-refractivity contribution in [3.8, 4) is 6.07 Å². The SMILES string of the molecule is CCCCCCCC1CCC(C#N)(C2CCC(C3CCC(CC)CC3)CC2)CC1. The van der Waals surface area contributed by atoms with Crippen molar-refractivity contribution < 1.29 is 0 Å². The van der Waals surface area contributed by atoms with Gasteiger partial charge in [0.1, 0.15) is 0 Å². The summed E-state index contributed by atoms with van der Waals surface area (Å²) in [6.07, 6.45) is 26.5. The van der Waals surface area contributed by atoms with Gasteiger partial charge in [0, 0.05) is 0 Å². The molecule has 0 saturated heterocycles. The molecule has 0 aromatic rings. The molecule has 0 radical (unpaired) electrons. The largest absolute Gasteiger partial charge is 0.198 e. The minimum atomic E-state index is 0.0452. The number of hydrogen-bond donors (Lipinski definition) is 0. The molecule has 3 aliphatic carbocycles. The Morgan fingerprint density at radius 3 is 1.83 bits per heavy atom. The van der Waals surface area contributed by atoms with Crippen molar-refractivity contribution in [2.75, 3.05) is 0 Å². The van der Waals surface area contributed by atoms with E-state index in [0.717, 1.165) is 23.7 Å². The average Bonchev–Trinajstić information content (AvgIpc) is 2.80. The number of unbranched alkanes of at least 4 members (excludes halogenated alkanes) is 4. The summed E-state index contributed by atoms with van der Waals surface area (Å²) in [6.45, 7) is 4.67. The van der Waals surface area contributed by atoms with Crippen molar-refractivity contribution in [2.45, 2.75) is 136 Å². The minimum absolute atomic E-state index is 0.0452. The van der Waals surface area contributed by atoms with Gasteiger partial charge < -0.3 is 0 Å². The molecule has 0 atom stereocenters. The Hall–Kier alpha value is -0.510. The van der Waals surface area contributed by atoms with Gasteiger partial charge in [0.25, 0.3) is 0 Å². The molecule has 3 fully saturated rings. The van der Waals surface area contributed by atoms with Gasteiger partial charge >= 0.3 is 0 Å². The lowest BCUT2D eigenvalue weighted by Gasteiger charge is -2.45. The van der Waals surface area contributed by atoms with Gasteiger partial charge in [-0.2, -0.15) is 5.26 Å². The highest BCUT2D eigenvalue weighted by molar-refractivity contribution is 5.06. The monoisotopic (exact) mass is 399 g/mol. The molecule has 3 aliphatic rings. The van der Waals surface area contributed by atoms with Gasteiger partial charge in [0.05, 0.1) is 11.5 Å². The zero-order valence-electron chi connectivity index (χ0n) is 19.8. The molecule has 0 aromatic carbocycles. The average molecular weight is 400 g/mol. The molecule has 166 valence electrons. The molecule has 0 heterocycles. The normalized spacial score (nSPS) is 38.4. The Labute approximate surface area is 182 Å². The summed E-state index contributed by atoms with van der Waals surface area (Å²) in [5.41, 5.74) is 0.0452. The summed E-state index contributed by atoms with van der Waals surface area (Å²) in [5.74, 6) is 4.65. The van der Waals surface area contributed by atoms with Gasteiger partial charge in [0.2, 0.25) is 0 Å². The first kappa shape index (κ1) is 23.2. The third-order valence-electron chi connectivity index (χ3n) is 9.62. The van der Waals surface area contributed by atoms with Crippen LogP contribution in [0.3, 0.4) is 0 Å². The Bertz CT molecular complexity index is 479. The van der Waals surface area contributed by atoms with Crippen LogP contribution in [0.15, 0.2) is 0 Å². The highest BCUT2D eigenvalue weighted by Gasteiger charge is 2.44. The zero-order chi connectivity index (χ0) is 20.5. The fourth-order valence-corrected chi connectivity index (χ4v) is 7.34. The number of hydrogen-bond acceptors (Lipinski definition) is 1. The van der Waals surface area contributed by atoms with E-state index in [-0.39, 0.29) is 5.41 Å². The van der Waals surface area contributed by atoms with E-state index in [1.54, 1.807) is 0 Å². The number of rotatable bonds is 9. The Kier molecular flexibility index (Phi) is 9.40. The fourth-order valence-electron chi connectivity index (χ4n) is 7.34. The summed E-state index contributed by atoms with van der Waals surface area (Å²) in [4.78, 5) is 0. The van der Waals surface area contributed by atoms with Crippen molar-refractivity contribution in [1.82, 2.24) is 0 Å². The zero-order valence-corrected chi connectivity index (χ0v) is 19.8. The van der Waals surface area contributed by atoms with Gasteiger partial charge in [-0.05, 0) is 93.8 Å². The molecule has 0 N–H and O–H groups in total. The summed E-state index contributed by atoms with van der Waals surface area (Å²) in [7, 11) is 0. The quantitative estimate of drug-likeness (QED) is 0.355. The molecular weight excluding hydrogens is 350 g/mol. The highest BCUT2D eigenvalue weighted by atomic mass is 14.5. The predicted octanol–water partition coefficient (Wildman–Crippen LogP) is 9.07. The Morgan fingerprint density at radius 1 is 0.690 bits per heavy atom. The molecule has 3 rings (SSSR count). The molecule has 29 heavy (non-hydrogen) atoms. The minimum Gasteiger partial charge on any atom is -0.198 e. The fraction of sp³-hybridized carbons (Fsp3) is 0.964. The van der Waals surface area contributed by atoms with E-state index in [2.05, 4.69) is 19.9 Å². The lowest BCUT2D eigenvalue weighted by atomic mass is 9.58. The highest BCUT2D eigenvalue weighted by Crippen LogP contribution is 2.52. The van der Waals surface area contributed by atoms with Crippen LogP contribution in [0.25, 0.3) is 0 Å². The van der Waals surface area contributed by atoms with Crippen molar-refractivity contribution >= 4 is 0 Å². The van der Waals surface area contributed by atoms with Crippen LogP contribution in [0, 0.1) is 46.3 Å². The van der Waals surface area contributed by atoms with Crippen molar-refractivity contribution in [1.29, 1.82) is 5.26 Å². The molecule has 0 aromatic heterocycles. The Morgan fingerprint density at radius 2 is 1.28 bits per heavy atom. The number of nitrogens with zero attached hydrogens (tertiary/aromatic N) is 1. The summed E-state index contributed by atoms with van der Waals surface area (Å²) in [6, 6.07) is 2.90. The van der Waals surface area contributed by atoms with Gasteiger partial charge in [-0.1, -0.05) is 71.6 Å². The van der Waals surface area contributed by atoms with Crippen molar-refractivity contribution in [2.24, 2.45) is 35.0 Å². The molecule has 0 unspecified atom stereocenters. The van der Waals surface area contributed by atoms with E-state index in [1.807, 2.05) is 0 Å². The first-order chi connectivity index (χ1) is 14.2. The van der Waals surface area contributed by atoms with Crippen LogP contribution in [0.4, 0.5) is 0 Å². The third kappa shape index (κ3) is 6.24. The smallest absolute Gasteiger partial charge is 0.0692 e. The standard InChI is InChI=1S/C28H49N/c1-3-5-6-7-8-9-24-18-20-28(22-29,21-19-24)27-16-14-26(15-17-27)25-12-10-23(4-2)11-13-25/h23-27H,3-21H2,1-2H3. The van der Waals surface area contributed by atoms with Gasteiger partial charge in [-0.25, -0.2) is 0 Å². The van der Waals surface area contributed by atoms with Crippen LogP contribution in [0.2, 0.25) is 0 Å². The van der Waals surface area contributed by atoms with E-state index in [0.29, 0.717) is 5.92 Å². The first-order valence-corrected chi connectivity index (χ1v) is 13.6. The predicted molar refractivity (Wildman–Crippen MR) is 125 cm³/mol. The second-order valence-corrected chi connectivity index (χ2v) is 11.2. The first-order valence-electron chi connectivity index (χ1n) is 13.6. The Balaban J connectivity index is 1.40. The van der Waals surface area contributed by atoms with Gasteiger partial charge in [-0.3, -0.25) is 0 Å². The van der Waals surface area contributed by atoms with Gasteiger partial charge in [-0.15, -0.1) is 0 Å². The summed E-state index contributed by atoms with van der Waals surface area (Å²) < 4.78 is 0. The van der Waals surface area contributed by atoms with Gasteiger partial charge in [0.15, 0.2) is 0 Å². The molecule has 1 heteroatoms. The van der Waals surface area contributed by atoms with Crippen LogP contribution in [-0.2, 0) is 0 Å². The van der Waals surface area contributed by atoms with Crippen LogP contribution >= 0.6 is 0 Å². The molecule has 1 nitrogen and oxygen atoms in total. The van der Waals surface area contributed by atoms with E-state index < -0.39 is 0 Å². The van der Waals surface area contributed by atoms with Crippen LogP contribution < -0.4 is 0 Å². The van der Waals surface area contributed by atoms with E-state index in [1.165, 1.54) is 122 Å². The molecule has 3 saturated carbocycles. The molecule has 0 aliphatic heterocycles. The maximum atomic E-state index is 10.2. The topological polar surface area (TPSA) is 23.8 Å². The van der Waals surface area contributed by atoms with Crippen LogP contribution in [-0.4, -0.2) is 0 Å². The lowest BCUT2D eigenvalue weighted by molar-refractivity contribution is 0.0649. The number of nitriles is 1. The van der Waals surface area contributed by atoms with E-state index in [9.17, 15) is 5.26 Å². The van der Waals surface area contributed by atoms with E-state index >= 15 is 0 Å². The second kappa shape index (κ2) is 11.8. The third-order valence-corrected chi connectivity index (χ3v) is 9.62. The second-order valence-electron chi connectivity index (χ2n) is 11.2. The maximum absolute atomic E-state index is 10.2. The summed E-state index contributed by atoms with van der Waals surface area (Å²) in [5, 5.41) is 10.2. The van der Waals surface area contributed by atoms with Crippen molar-refractivity contribution in [3.05, 3.63) is 0 Å². The maximum Gasteiger partial charge on any atom is 0.0692 e. The lowest BCUT2D eigenvalue weighted by Crippen LogP contribution is -2.37. The molecule has 0 spiro atoms. The van der Waals surface area contributed by atoms with Crippen LogP contribution in [0.1, 0.15) is 136 Å².